The second kappa shape index (κ2) is 6.93. The predicted molar refractivity (Wildman–Crippen MR) is 81.4 cm³/mol. The molecule has 124 valence electrons. The molecule has 23 heavy (non-hydrogen) atoms. The number of rotatable bonds is 6. The second-order valence-electron chi connectivity index (χ2n) is 5.04. The van der Waals surface area contributed by atoms with Crippen LogP contribution < -0.4 is 0 Å². The number of likely N-dealkylation sites (N-methyl/N-ethyl adjacent to an activating group) is 2. The fourth-order valence-electron chi connectivity index (χ4n) is 1.91. The Balaban J connectivity index is 2.03. The van der Waals surface area contributed by atoms with E-state index in [1.807, 2.05) is 0 Å². The van der Waals surface area contributed by atoms with Gasteiger partial charge in [0.1, 0.15) is 11.6 Å². The van der Waals surface area contributed by atoms with E-state index in [0.717, 1.165) is 28.6 Å². The number of benzene rings is 1. The van der Waals surface area contributed by atoms with E-state index in [9.17, 15) is 17.6 Å². The average Bonchev–Trinajstić information content (AvgIpc) is 3.00. The van der Waals surface area contributed by atoms with E-state index >= 15 is 0 Å². The van der Waals surface area contributed by atoms with Crippen LogP contribution in [0.15, 0.2) is 52.0 Å². The third kappa shape index (κ3) is 4.17. The summed E-state index contributed by atoms with van der Waals surface area (Å²) < 4.78 is 43.6. The molecule has 0 saturated heterocycles. The summed E-state index contributed by atoms with van der Waals surface area (Å²) >= 11 is 0. The van der Waals surface area contributed by atoms with E-state index in [1.54, 1.807) is 19.2 Å². The molecule has 0 atom stereocenters. The van der Waals surface area contributed by atoms with E-state index in [2.05, 4.69) is 0 Å². The van der Waals surface area contributed by atoms with Crippen molar-refractivity contribution < 1.29 is 22.0 Å². The molecule has 0 saturated carbocycles. The van der Waals surface area contributed by atoms with Crippen LogP contribution in [0.3, 0.4) is 0 Å². The van der Waals surface area contributed by atoms with Gasteiger partial charge in [-0.2, -0.15) is 4.31 Å². The number of carbonyl (C=O) groups excluding carboxylic acids is 1. The summed E-state index contributed by atoms with van der Waals surface area (Å²) in [6.07, 6.45) is 1.50. The molecule has 0 aliphatic rings. The van der Waals surface area contributed by atoms with Crippen LogP contribution in [-0.4, -0.2) is 44.2 Å². The number of sulfonamides is 1. The predicted octanol–water partition coefficient (Wildman–Crippen LogP) is 1.70. The third-order valence-electron chi connectivity index (χ3n) is 3.28. The first-order chi connectivity index (χ1) is 10.8. The van der Waals surface area contributed by atoms with Crippen molar-refractivity contribution >= 4 is 15.9 Å². The van der Waals surface area contributed by atoms with Gasteiger partial charge in [0.15, 0.2) is 0 Å². The third-order valence-corrected chi connectivity index (χ3v) is 5.10. The number of nitrogens with zero attached hydrogens (tertiary/aromatic N) is 2. The first kappa shape index (κ1) is 17.2. The van der Waals surface area contributed by atoms with Crippen LogP contribution >= 0.6 is 0 Å². The number of hydrogen-bond donors (Lipinski definition) is 0. The molecule has 1 aromatic heterocycles. The summed E-state index contributed by atoms with van der Waals surface area (Å²) in [6, 6.07) is 7.88. The van der Waals surface area contributed by atoms with Gasteiger partial charge in [-0.15, -0.1) is 0 Å². The monoisotopic (exact) mass is 340 g/mol. The standard InChI is InChI=1S/C15H17FN2O4S/c1-17(10-13-4-3-9-22-13)15(19)11-18(2)23(20,21)14-7-5-12(16)6-8-14/h3-9H,10-11H2,1-2H3. The lowest BCUT2D eigenvalue weighted by Crippen LogP contribution is -2.39. The summed E-state index contributed by atoms with van der Waals surface area (Å²) in [4.78, 5) is 13.4. The molecule has 1 amide bonds. The Morgan fingerprint density at radius 3 is 2.39 bits per heavy atom. The normalized spacial score (nSPS) is 11.7. The summed E-state index contributed by atoms with van der Waals surface area (Å²) in [7, 11) is -0.989. The Hall–Kier alpha value is -2.19. The molecular formula is C15H17FN2O4S. The Bertz CT molecular complexity index is 757. The number of halogens is 1. The van der Waals surface area contributed by atoms with E-state index < -0.39 is 15.8 Å². The van der Waals surface area contributed by atoms with Gasteiger partial charge in [0.05, 0.1) is 24.2 Å². The minimum atomic E-state index is -3.85. The average molecular weight is 340 g/mol. The van der Waals surface area contributed by atoms with E-state index in [0.29, 0.717) is 5.76 Å². The highest BCUT2D eigenvalue weighted by Crippen LogP contribution is 2.15. The maximum absolute atomic E-state index is 12.9. The molecule has 0 radical (unpaired) electrons. The molecule has 0 N–H and O–H groups in total. The zero-order valence-corrected chi connectivity index (χ0v) is 13.6. The molecule has 0 aliphatic carbocycles. The van der Waals surface area contributed by atoms with Gasteiger partial charge in [0.25, 0.3) is 0 Å². The highest BCUT2D eigenvalue weighted by atomic mass is 32.2. The SMILES string of the molecule is CN(Cc1ccco1)C(=O)CN(C)S(=O)(=O)c1ccc(F)cc1. The minimum absolute atomic E-state index is 0.0668. The first-order valence-electron chi connectivity index (χ1n) is 6.79. The molecule has 0 spiro atoms. The van der Waals surface area contributed by atoms with Gasteiger partial charge in [0.2, 0.25) is 15.9 Å². The van der Waals surface area contributed by atoms with Crippen molar-refractivity contribution in [3.8, 4) is 0 Å². The number of hydrogen-bond acceptors (Lipinski definition) is 4. The number of furan rings is 1. The molecule has 0 bridgehead atoms. The molecule has 8 heteroatoms. The largest absolute Gasteiger partial charge is 0.467 e. The molecule has 0 aliphatic heterocycles. The van der Waals surface area contributed by atoms with Crippen LogP contribution in [0.5, 0.6) is 0 Å². The topological polar surface area (TPSA) is 70.8 Å². The molecule has 6 nitrogen and oxygen atoms in total. The molecule has 1 heterocycles. The fraction of sp³-hybridized carbons (Fsp3) is 0.267. The number of carbonyl (C=O) groups is 1. The zero-order valence-electron chi connectivity index (χ0n) is 12.8. The molecule has 0 unspecified atom stereocenters. The van der Waals surface area contributed by atoms with Crippen LogP contribution in [0.1, 0.15) is 5.76 Å². The van der Waals surface area contributed by atoms with Gasteiger partial charge in [-0.25, -0.2) is 12.8 Å². The Morgan fingerprint density at radius 2 is 1.83 bits per heavy atom. The highest BCUT2D eigenvalue weighted by molar-refractivity contribution is 7.89. The van der Waals surface area contributed by atoms with Crippen LogP contribution in [-0.2, 0) is 21.4 Å². The van der Waals surface area contributed by atoms with Crippen molar-refractivity contribution in [3.05, 3.63) is 54.2 Å². The Kier molecular flexibility index (Phi) is 5.17. The molecular weight excluding hydrogens is 323 g/mol. The quantitative estimate of drug-likeness (QED) is 0.802. The molecule has 0 fully saturated rings. The lowest BCUT2D eigenvalue weighted by Gasteiger charge is -2.21. The van der Waals surface area contributed by atoms with Gasteiger partial charge in [-0.05, 0) is 36.4 Å². The van der Waals surface area contributed by atoms with Gasteiger partial charge in [0, 0.05) is 14.1 Å². The lowest BCUT2D eigenvalue weighted by atomic mass is 10.4. The molecule has 2 rings (SSSR count). The zero-order chi connectivity index (χ0) is 17.0. The van der Waals surface area contributed by atoms with Gasteiger partial charge >= 0.3 is 0 Å². The van der Waals surface area contributed by atoms with Crippen molar-refractivity contribution in [2.75, 3.05) is 20.6 Å². The maximum Gasteiger partial charge on any atom is 0.243 e. The van der Waals surface area contributed by atoms with Crippen molar-refractivity contribution in [1.82, 2.24) is 9.21 Å². The van der Waals surface area contributed by atoms with Gasteiger partial charge < -0.3 is 9.32 Å². The Morgan fingerprint density at radius 1 is 1.17 bits per heavy atom. The van der Waals surface area contributed by atoms with Crippen molar-refractivity contribution in [2.45, 2.75) is 11.4 Å². The molecule has 1 aromatic carbocycles. The van der Waals surface area contributed by atoms with Crippen molar-refractivity contribution in [2.24, 2.45) is 0 Å². The maximum atomic E-state index is 12.9. The summed E-state index contributed by atoms with van der Waals surface area (Å²) in [5, 5.41) is 0. The lowest BCUT2D eigenvalue weighted by molar-refractivity contribution is -0.130. The van der Waals surface area contributed by atoms with E-state index in [1.165, 1.54) is 18.2 Å². The van der Waals surface area contributed by atoms with E-state index in [4.69, 9.17) is 4.42 Å². The smallest absolute Gasteiger partial charge is 0.243 e. The number of amides is 1. The van der Waals surface area contributed by atoms with E-state index in [-0.39, 0.29) is 23.9 Å². The van der Waals surface area contributed by atoms with Crippen LogP contribution in [0, 0.1) is 5.82 Å². The summed E-state index contributed by atoms with van der Waals surface area (Å²) in [5.41, 5.74) is 0. The molecule has 2 aromatic rings. The minimum Gasteiger partial charge on any atom is -0.467 e. The van der Waals surface area contributed by atoms with Crippen molar-refractivity contribution in [3.63, 3.8) is 0 Å². The van der Waals surface area contributed by atoms with Crippen molar-refractivity contribution in [1.29, 1.82) is 0 Å². The summed E-state index contributed by atoms with van der Waals surface area (Å²) in [6.45, 7) is -0.0762. The highest BCUT2D eigenvalue weighted by Gasteiger charge is 2.24. The summed E-state index contributed by atoms with van der Waals surface area (Å²) in [5.74, 6) is -0.305. The first-order valence-corrected chi connectivity index (χ1v) is 8.23. The second-order valence-corrected chi connectivity index (χ2v) is 7.09. The van der Waals surface area contributed by atoms with Gasteiger partial charge in [-0.3, -0.25) is 4.79 Å². The van der Waals surface area contributed by atoms with Gasteiger partial charge in [-0.1, -0.05) is 0 Å². The van der Waals surface area contributed by atoms with Crippen LogP contribution in [0.2, 0.25) is 0 Å². The Labute approximate surface area is 134 Å². The fourth-order valence-corrected chi connectivity index (χ4v) is 3.03. The van der Waals surface area contributed by atoms with Crippen LogP contribution in [0.4, 0.5) is 4.39 Å². The van der Waals surface area contributed by atoms with Crippen LogP contribution in [0.25, 0.3) is 0 Å².